The Bertz CT molecular complexity index is 792. The minimum atomic E-state index is -3.16. The number of carbonyl (C=O) groups is 2. The minimum absolute atomic E-state index is 0.251. The molecule has 0 atom stereocenters. The third-order valence-electron chi connectivity index (χ3n) is 4.25. The summed E-state index contributed by atoms with van der Waals surface area (Å²) < 4.78 is 33.9. The highest BCUT2D eigenvalue weighted by molar-refractivity contribution is 7.33. The molecule has 162 valence electrons. The van der Waals surface area contributed by atoms with Gasteiger partial charge in [0.1, 0.15) is 35.9 Å². The first kappa shape index (κ1) is 23.8. The van der Waals surface area contributed by atoms with E-state index >= 15 is 0 Å². The van der Waals surface area contributed by atoms with Crippen LogP contribution in [0.15, 0.2) is 60.7 Å². The van der Waals surface area contributed by atoms with Crippen molar-refractivity contribution in [1.29, 1.82) is 0 Å². The molecule has 0 aliphatic heterocycles. The largest absolute Gasteiger partial charge is 0.486 e. The maximum absolute atomic E-state index is 12.4. The lowest BCUT2D eigenvalue weighted by atomic mass is 10.1. The molecule has 0 aromatic heterocycles. The van der Waals surface area contributed by atoms with Crippen molar-refractivity contribution in [2.45, 2.75) is 38.9 Å². The quantitative estimate of drug-likeness (QED) is 0.461. The van der Waals surface area contributed by atoms with Gasteiger partial charge in [0.25, 0.3) is 0 Å². The van der Waals surface area contributed by atoms with Crippen molar-refractivity contribution in [2.24, 2.45) is 0 Å². The van der Waals surface area contributed by atoms with Gasteiger partial charge in [0.05, 0.1) is 0 Å². The van der Waals surface area contributed by atoms with E-state index in [1.54, 1.807) is 48.5 Å². The first-order valence-corrected chi connectivity index (χ1v) is 10.7. The van der Waals surface area contributed by atoms with Crippen LogP contribution in [0.25, 0.3) is 0 Å². The molecule has 0 unspecified atom stereocenters. The molecule has 2 aromatic carbocycles. The van der Waals surface area contributed by atoms with Crippen LogP contribution in [-0.4, -0.2) is 36.0 Å². The number of rotatable bonds is 12. The van der Waals surface area contributed by atoms with Crippen molar-refractivity contribution < 1.29 is 32.7 Å². The molecule has 0 N–H and O–H groups in total. The van der Waals surface area contributed by atoms with Gasteiger partial charge in [-0.15, -0.1) is 0 Å². The zero-order valence-electron chi connectivity index (χ0n) is 17.5. The monoisotopic (exact) mass is 434 g/mol. The Morgan fingerprint density at radius 1 is 0.700 bits per heavy atom. The molecule has 0 radical (unpaired) electrons. The zero-order chi connectivity index (χ0) is 22.2. The van der Waals surface area contributed by atoms with E-state index in [2.05, 4.69) is 0 Å². The fourth-order valence-corrected chi connectivity index (χ4v) is 3.33. The van der Waals surface area contributed by atoms with Crippen molar-refractivity contribution in [3.8, 4) is 11.5 Å². The SMILES string of the molecule is CC(C)(O[PH](=O)OC(C)(C)C(=O)COc1ccccc1)C(=O)COc1ccccc1. The van der Waals surface area contributed by atoms with Crippen molar-refractivity contribution in [2.75, 3.05) is 13.2 Å². The molecule has 0 bridgehead atoms. The summed E-state index contributed by atoms with van der Waals surface area (Å²) in [6, 6.07) is 17.7. The molecule has 0 aliphatic carbocycles. The normalized spacial score (nSPS) is 11.9. The van der Waals surface area contributed by atoms with Crippen molar-refractivity contribution in [1.82, 2.24) is 0 Å². The molecule has 0 heterocycles. The lowest BCUT2D eigenvalue weighted by Crippen LogP contribution is -2.39. The second kappa shape index (κ2) is 10.5. The highest BCUT2D eigenvalue weighted by Crippen LogP contribution is 2.37. The molecule has 30 heavy (non-hydrogen) atoms. The minimum Gasteiger partial charge on any atom is -0.486 e. The number of hydrogen-bond donors (Lipinski definition) is 0. The van der Waals surface area contributed by atoms with Crippen molar-refractivity contribution in [3.05, 3.63) is 60.7 Å². The van der Waals surface area contributed by atoms with E-state index in [-0.39, 0.29) is 13.2 Å². The predicted octanol–water partition coefficient (Wildman–Crippen LogP) is 4.26. The number of ether oxygens (including phenoxy) is 2. The molecule has 2 rings (SSSR count). The second-order valence-corrected chi connectivity index (χ2v) is 8.43. The number of ketones is 2. The molecule has 0 spiro atoms. The van der Waals surface area contributed by atoms with Crippen LogP contribution in [-0.2, 0) is 23.2 Å². The third-order valence-corrected chi connectivity index (χ3v) is 5.60. The van der Waals surface area contributed by atoms with Gasteiger partial charge >= 0.3 is 8.25 Å². The summed E-state index contributed by atoms with van der Waals surface area (Å²) in [6.07, 6.45) is 0. The highest BCUT2D eigenvalue weighted by Gasteiger charge is 2.36. The van der Waals surface area contributed by atoms with Crippen LogP contribution in [0.5, 0.6) is 11.5 Å². The van der Waals surface area contributed by atoms with Gasteiger partial charge < -0.3 is 9.47 Å². The Morgan fingerprint density at radius 2 is 1.03 bits per heavy atom. The van der Waals surface area contributed by atoms with Crippen molar-refractivity contribution >= 4 is 19.8 Å². The van der Waals surface area contributed by atoms with E-state index < -0.39 is 31.0 Å². The summed E-state index contributed by atoms with van der Waals surface area (Å²) in [6.45, 7) is 5.40. The summed E-state index contributed by atoms with van der Waals surface area (Å²) in [5.74, 6) is 0.251. The maximum Gasteiger partial charge on any atom is 0.321 e. The third kappa shape index (κ3) is 7.41. The number of carbonyl (C=O) groups excluding carboxylic acids is 2. The molecular weight excluding hydrogens is 407 g/mol. The molecule has 8 heteroatoms. The van der Waals surface area contributed by atoms with Crippen LogP contribution >= 0.6 is 8.25 Å². The van der Waals surface area contributed by atoms with E-state index in [4.69, 9.17) is 18.5 Å². The van der Waals surface area contributed by atoms with E-state index in [9.17, 15) is 14.2 Å². The fourth-order valence-electron chi connectivity index (χ4n) is 2.23. The number of para-hydroxylation sites is 2. The van der Waals surface area contributed by atoms with Gasteiger partial charge in [0.15, 0.2) is 0 Å². The zero-order valence-corrected chi connectivity index (χ0v) is 18.5. The summed E-state index contributed by atoms with van der Waals surface area (Å²) in [5, 5.41) is 0. The Morgan fingerprint density at radius 3 is 1.37 bits per heavy atom. The smallest absolute Gasteiger partial charge is 0.321 e. The first-order valence-electron chi connectivity index (χ1n) is 9.44. The Labute approximate surface area is 177 Å². The summed E-state index contributed by atoms with van der Waals surface area (Å²) in [5.41, 5.74) is -2.82. The molecule has 0 saturated carbocycles. The van der Waals surface area contributed by atoms with E-state index in [0.717, 1.165) is 0 Å². The van der Waals surface area contributed by atoms with Gasteiger partial charge in [-0.1, -0.05) is 36.4 Å². The summed E-state index contributed by atoms with van der Waals surface area (Å²) >= 11 is 0. The van der Waals surface area contributed by atoms with Crippen LogP contribution in [0.4, 0.5) is 0 Å². The number of hydrogen-bond acceptors (Lipinski definition) is 7. The molecule has 0 fully saturated rings. The van der Waals surface area contributed by atoms with Crippen LogP contribution in [0.1, 0.15) is 27.7 Å². The Kier molecular flexibility index (Phi) is 8.35. The topological polar surface area (TPSA) is 88.1 Å². The van der Waals surface area contributed by atoms with E-state index in [0.29, 0.717) is 11.5 Å². The number of benzene rings is 2. The fraction of sp³-hybridized carbons (Fsp3) is 0.364. The van der Waals surface area contributed by atoms with E-state index in [1.165, 1.54) is 27.7 Å². The summed E-state index contributed by atoms with van der Waals surface area (Å²) in [4.78, 5) is 24.8. The van der Waals surface area contributed by atoms with Crippen LogP contribution < -0.4 is 9.47 Å². The average Bonchev–Trinajstić information content (AvgIpc) is 2.70. The average molecular weight is 434 g/mol. The van der Waals surface area contributed by atoms with Crippen LogP contribution in [0.2, 0.25) is 0 Å². The van der Waals surface area contributed by atoms with Gasteiger partial charge in [-0.2, -0.15) is 0 Å². The lowest BCUT2D eigenvalue weighted by molar-refractivity contribution is -0.137. The molecule has 0 amide bonds. The van der Waals surface area contributed by atoms with Gasteiger partial charge in [-0.25, -0.2) is 0 Å². The number of Topliss-reactive ketones (excluding diaryl/α,β-unsaturated/α-hetero) is 2. The first-order chi connectivity index (χ1) is 14.1. The van der Waals surface area contributed by atoms with Gasteiger partial charge in [0.2, 0.25) is 11.6 Å². The maximum atomic E-state index is 12.4. The Balaban J connectivity index is 1.85. The van der Waals surface area contributed by atoms with Crippen LogP contribution in [0, 0.1) is 0 Å². The van der Waals surface area contributed by atoms with Gasteiger partial charge in [-0.05, 0) is 52.0 Å². The molecule has 0 saturated heterocycles. The molecule has 7 nitrogen and oxygen atoms in total. The standard InChI is InChI=1S/C22H27O7P/c1-21(2,19(23)15-26-17-11-7-5-8-12-17)28-30(25)29-22(3,4)20(24)16-27-18-13-9-6-10-14-18/h5-14,30H,15-16H2,1-4H3. The Hall–Kier alpha value is -2.47. The second-order valence-electron chi connectivity index (χ2n) is 7.52. The van der Waals surface area contributed by atoms with Crippen LogP contribution in [0.3, 0.4) is 0 Å². The highest BCUT2D eigenvalue weighted by atomic mass is 31.1. The predicted molar refractivity (Wildman–Crippen MR) is 113 cm³/mol. The lowest BCUT2D eigenvalue weighted by Gasteiger charge is -2.27. The molecular formula is C22H27O7P. The van der Waals surface area contributed by atoms with Crippen molar-refractivity contribution in [3.63, 3.8) is 0 Å². The van der Waals surface area contributed by atoms with Gasteiger partial charge in [0, 0.05) is 0 Å². The molecule has 0 aliphatic rings. The van der Waals surface area contributed by atoms with Gasteiger partial charge in [-0.3, -0.25) is 23.2 Å². The summed E-state index contributed by atoms with van der Waals surface area (Å²) in [7, 11) is -3.16. The van der Waals surface area contributed by atoms with E-state index in [1.807, 2.05) is 12.1 Å². The molecule has 2 aromatic rings.